The molecular weight excluding hydrogens is 370 g/mol. The first-order valence-corrected chi connectivity index (χ1v) is 9.38. The molecule has 0 aromatic rings. The second-order valence-electron chi connectivity index (χ2n) is 6.44. The second-order valence-corrected chi connectivity index (χ2v) is 7.65. The van der Waals surface area contributed by atoms with Gasteiger partial charge in [-0.25, -0.2) is 0 Å². The molecule has 8 heteroatoms. The molecule has 0 radical (unpaired) electrons. The standard InChI is InChI=1S/C6H16NO2.C6H14O2S.C4H10O2.3CH4/c1-7(2,3-5-8)4-6-9;1-5(2)4-9-6(8)3-7;1-2-4(6)3-5;;;/h8-9H,3-6H2,1-2H3;5-8H,3-4H2,1-2H3;4-6H,2-3H2,1H3;3*1H4/q+1;;;;;. The van der Waals surface area contributed by atoms with Gasteiger partial charge in [-0.1, -0.05) is 43.1 Å². The van der Waals surface area contributed by atoms with E-state index in [9.17, 15) is 0 Å². The molecular formula is C19H52NO6S+. The highest BCUT2D eigenvalue weighted by Crippen LogP contribution is 2.11. The predicted molar refractivity (Wildman–Crippen MR) is 120 cm³/mol. The third kappa shape index (κ3) is 41.5. The van der Waals surface area contributed by atoms with Crippen LogP contribution in [0.4, 0.5) is 0 Å². The van der Waals surface area contributed by atoms with Gasteiger partial charge in [0.05, 0.1) is 46.6 Å². The molecule has 0 amide bonds. The summed E-state index contributed by atoms with van der Waals surface area (Å²) in [6.07, 6.45) is 0.126. The van der Waals surface area contributed by atoms with E-state index in [1.807, 2.05) is 21.0 Å². The Morgan fingerprint density at radius 3 is 1.41 bits per heavy atom. The van der Waals surface area contributed by atoms with Crippen molar-refractivity contribution in [3.63, 3.8) is 0 Å². The first-order valence-electron chi connectivity index (χ1n) is 8.33. The van der Waals surface area contributed by atoms with Crippen molar-refractivity contribution in [2.24, 2.45) is 5.92 Å². The first-order chi connectivity index (χ1) is 11.1. The molecule has 0 aliphatic rings. The third-order valence-corrected chi connectivity index (χ3v) is 4.26. The Bertz CT molecular complexity index is 234. The average molecular weight is 423 g/mol. The maximum absolute atomic E-state index is 8.82. The maximum Gasteiger partial charge on any atom is 0.122 e. The van der Waals surface area contributed by atoms with Crippen LogP contribution in [-0.2, 0) is 0 Å². The Balaban J connectivity index is -0.0000000592. The lowest BCUT2D eigenvalue weighted by Crippen LogP contribution is -2.43. The topological polar surface area (TPSA) is 121 Å². The Morgan fingerprint density at radius 2 is 1.22 bits per heavy atom. The maximum atomic E-state index is 8.82. The molecule has 6 N–H and O–H groups in total. The summed E-state index contributed by atoms with van der Waals surface area (Å²) in [4.78, 5) is 0. The van der Waals surface area contributed by atoms with Gasteiger partial charge in [-0.15, -0.1) is 11.8 Å². The number of aliphatic hydroxyl groups is 6. The Kier molecular flexibility index (Phi) is 43.4. The van der Waals surface area contributed by atoms with Crippen molar-refractivity contribution in [3.8, 4) is 0 Å². The molecule has 0 aliphatic heterocycles. The summed E-state index contributed by atoms with van der Waals surface area (Å²) < 4.78 is 0.688. The largest absolute Gasteiger partial charge is 0.394 e. The van der Waals surface area contributed by atoms with Crippen LogP contribution in [0.2, 0.25) is 0 Å². The number of hydrogen-bond donors (Lipinski definition) is 6. The predicted octanol–water partition coefficient (Wildman–Crippen LogP) is 1.39. The van der Waals surface area contributed by atoms with E-state index in [1.54, 1.807) is 0 Å². The number of quaternary nitrogens is 1. The van der Waals surface area contributed by atoms with Crippen LogP contribution in [0.5, 0.6) is 0 Å². The van der Waals surface area contributed by atoms with Gasteiger partial charge < -0.3 is 35.1 Å². The smallest absolute Gasteiger partial charge is 0.122 e. The van der Waals surface area contributed by atoms with Crippen molar-refractivity contribution in [3.05, 3.63) is 0 Å². The van der Waals surface area contributed by atoms with Crippen LogP contribution in [0.3, 0.4) is 0 Å². The second kappa shape index (κ2) is 28.3. The molecule has 7 nitrogen and oxygen atoms in total. The van der Waals surface area contributed by atoms with Gasteiger partial charge in [0.2, 0.25) is 0 Å². The van der Waals surface area contributed by atoms with E-state index in [0.717, 1.165) is 5.75 Å². The van der Waals surface area contributed by atoms with Crippen LogP contribution in [-0.4, -0.2) is 106 Å². The van der Waals surface area contributed by atoms with Gasteiger partial charge in [-0.2, -0.15) is 0 Å². The Morgan fingerprint density at radius 1 is 0.815 bits per heavy atom. The lowest BCUT2D eigenvalue weighted by Gasteiger charge is -2.27. The minimum Gasteiger partial charge on any atom is -0.394 e. The zero-order valence-corrected chi connectivity index (χ0v) is 16.7. The lowest BCUT2D eigenvalue weighted by molar-refractivity contribution is -0.890. The first kappa shape index (κ1) is 41.4. The summed E-state index contributed by atoms with van der Waals surface area (Å²) in [7, 11) is 3.96. The minimum atomic E-state index is -0.590. The van der Waals surface area contributed by atoms with E-state index >= 15 is 0 Å². The monoisotopic (exact) mass is 422 g/mol. The molecule has 174 valence electrons. The average Bonchev–Trinajstić information content (AvgIpc) is 2.52. The fourth-order valence-electron chi connectivity index (χ4n) is 1.14. The van der Waals surface area contributed by atoms with E-state index in [-0.39, 0.29) is 48.7 Å². The number of aliphatic hydroxyl groups excluding tert-OH is 6. The number of likely N-dealkylation sites (N-methyl/N-ethyl adjacent to an activating group) is 1. The summed E-state index contributed by atoms with van der Waals surface area (Å²) in [5.41, 5.74) is -0.590. The molecule has 0 spiro atoms. The Labute approximate surface area is 173 Å². The quantitative estimate of drug-likeness (QED) is 0.232. The number of thioether (sulfide) groups is 1. The molecule has 0 rings (SSSR count). The van der Waals surface area contributed by atoms with Gasteiger partial charge in [0, 0.05) is 0 Å². The summed E-state index contributed by atoms with van der Waals surface area (Å²) in [6.45, 7) is 7.52. The summed E-state index contributed by atoms with van der Waals surface area (Å²) in [6, 6.07) is 0. The number of hydrogen-bond acceptors (Lipinski definition) is 7. The van der Waals surface area contributed by atoms with Crippen molar-refractivity contribution < 1.29 is 35.1 Å². The summed E-state index contributed by atoms with van der Waals surface area (Å²) in [5, 5.41) is 50.8. The molecule has 0 bridgehead atoms. The van der Waals surface area contributed by atoms with E-state index in [2.05, 4.69) is 13.8 Å². The molecule has 0 heterocycles. The van der Waals surface area contributed by atoms with Crippen molar-refractivity contribution >= 4 is 11.8 Å². The molecule has 27 heavy (non-hydrogen) atoms. The lowest BCUT2D eigenvalue weighted by atomic mass is 10.3. The van der Waals surface area contributed by atoms with Gasteiger partial charge in [0.15, 0.2) is 0 Å². The van der Waals surface area contributed by atoms with Crippen LogP contribution in [0.25, 0.3) is 0 Å². The van der Waals surface area contributed by atoms with Crippen LogP contribution in [0, 0.1) is 5.92 Å². The Hall–Kier alpha value is 0.0700. The normalized spacial score (nSPS) is 12.0. The van der Waals surface area contributed by atoms with E-state index in [1.165, 1.54) is 11.8 Å². The van der Waals surface area contributed by atoms with Crippen molar-refractivity contribution in [2.45, 2.75) is 61.0 Å². The van der Waals surface area contributed by atoms with Crippen LogP contribution in [0.1, 0.15) is 49.5 Å². The van der Waals surface area contributed by atoms with Gasteiger partial charge in [0.1, 0.15) is 18.5 Å². The minimum absolute atomic E-state index is 0. The molecule has 2 atom stereocenters. The summed E-state index contributed by atoms with van der Waals surface area (Å²) >= 11 is 1.39. The molecule has 2 unspecified atom stereocenters. The van der Waals surface area contributed by atoms with Gasteiger partial charge in [-0.3, -0.25) is 0 Å². The molecule has 0 aliphatic carbocycles. The van der Waals surface area contributed by atoms with E-state index < -0.39 is 11.5 Å². The van der Waals surface area contributed by atoms with Crippen LogP contribution < -0.4 is 0 Å². The van der Waals surface area contributed by atoms with Crippen molar-refractivity contribution in [1.82, 2.24) is 0 Å². The fourth-order valence-corrected chi connectivity index (χ4v) is 1.85. The zero-order valence-electron chi connectivity index (χ0n) is 15.9. The summed E-state index contributed by atoms with van der Waals surface area (Å²) in [5.74, 6) is 1.48. The molecule has 0 aromatic heterocycles. The molecule has 0 saturated carbocycles. The van der Waals surface area contributed by atoms with E-state index in [4.69, 9.17) is 30.6 Å². The fraction of sp³-hybridized carbons (Fsp3) is 1.00. The van der Waals surface area contributed by atoms with Crippen molar-refractivity contribution in [2.75, 3.05) is 59.4 Å². The van der Waals surface area contributed by atoms with Gasteiger partial charge in [-0.05, 0) is 18.1 Å². The number of nitrogens with zero attached hydrogens (tertiary/aromatic N) is 1. The highest BCUT2D eigenvalue weighted by atomic mass is 32.2. The third-order valence-electron chi connectivity index (χ3n) is 2.87. The molecule has 0 aromatic carbocycles. The van der Waals surface area contributed by atoms with E-state index in [0.29, 0.717) is 29.9 Å². The zero-order chi connectivity index (χ0) is 19.6. The molecule has 0 saturated heterocycles. The highest BCUT2D eigenvalue weighted by molar-refractivity contribution is 7.99. The number of rotatable bonds is 10. The van der Waals surface area contributed by atoms with Gasteiger partial charge in [0.25, 0.3) is 0 Å². The van der Waals surface area contributed by atoms with Crippen LogP contribution in [0.15, 0.2) is 0 Å². The highest BCUT2D eigenvalue weighted by Gasteiger charge is 2.11. The SMILES string of the molecule is C.C.C.CC(C)CSC(O)CO.CCC(O)CO.C[N+](C)(CCO)CCO. The molecule has 0 fully saturated rings. The van der Waals surface area contributed by atoms with Crippen LogP contribution >= 0.6 is 11.8 Å². The van der Waals surface area contributed by atoms with Crippen molar-refractivity contribution in [1.29, 1.82) is 0 Å². The van der Waals surface area contributed by atoms with Gasteiger partial charge >= 0.3 is 0 Å².